The molecule has 0 atom stereocenters. The number of rotatable bonds is 5. The Morgan fingerprint density at radius 2 is 1.77 bits per heavy atom. The predicted molar refractivity (Wildman–Crippen MR) is 97.7 cm³/mol. The first-order valence-corrected chi connectivity index (χ1v) is 8.66. The summed E-state index contributed by atoms with van der Waals surface area (Å²) in [6, 6.07) is 4.70. The quantitative estimate of drug-likeness (QED) is 0.679. The summed E-state index contributed by atoms with van der Waals surface area (Å²) in [6.45, 7) is 1.34. The highest BCUT2D eigenvalue weighted by Crippen LogP contribution is 2.57. The first-order chi connectivity index (χ1) is 14.1. The smallest absolute Gasteiger partial charge is 0.403 e. The molecule has 9 nitrogen and oxygen atoms in total. The molecule has 4 amide bonds. The number of pyridine rings is 2. The maximum absolute atomic E-state index is 12.9. The number of imide groups is 1. The fourth-order valence-corrected chi connectivity index (χ4v) is 2.51. The topological polar surface area (TPSA) is 122 Å². The lowest BCUT2D eigenvalue weighted by Crippen LogP contribution is -2.45. The lowest BCUT2D eigenvalue weighted by Gasteiger charge is -2.17. The van der Waals surface area contributed by atoms with Crippen molar-refractivity contribution < 1.29 is 32.3 Å². The maximum Gasteiger partial charge on any atom is 0.403 e. The van der Waals surface area contributed by atoms with Gasteiger partial charge in [-0.25, -0.2) is 14.8 Å². The number of nitrogens with one attached hydrogen (secondary N) is 3. The fourth-order valence-electron chi connectivity index (χ4n) is 2.51. The second-order valence-corrected chi connectivity index (χ2v) is 6.53. The average Bonchev–Trinajstić information content (AvgIpc) is 3.45. The zero-order valence-electron chi connectivity index (χ0n) is 15.5. The van der Waals surface area contributed by atoms with Crippen LogP contribution in [0.15, 0.2) is 36.7 Å². The van der Waals surface area contributed by atoms with Crippen molar-refractivity contribution >= 4 is 29.5 Å². The molecule has 1 fully saturated rings. The van der Waals surface area contributed by atoms with E-state index in [2.05, 4.69) is 20.6 Å². The number of aromatic nitrogens is 2. The van der Waals surface area contributed by atoms with E-state index in [0.29, 0.717) is 11.6 Å². The number of urea groups is 1. The first kappa shape index (κ1) is 21.0. The number of carbonyl (C=O) groups excluding carboxylic acids is 3. The maximum atomic E-state index is 12.9. The van der Waals surface area contributed by atoms with Gasteiger partial charge in [-0.05, 0) is 31.0 Å². The molecule has 0 aliphatic heterocycles. The van der Waals surface area contributed by atoms with E-state index in [1.54, 1.807) is 11.4 Å². The minimum absolute atomic E-state index is 0.00170. The van der Waals surface area contributed by atoms with Crippen LogP contribution in [0, 0.1) is 5.41 Å². The molecule has 2 heterocycles. The van der Waals surface area contributed by atoms with Gasteiger partial charge in [-0.1, -0.05) is 0 Å². The molecule has 0 aromatic carbocycles. The summed E-state index contributed by atoms with van der Waals surface area (Å²) in [5.41, 5.74) is -2.49. The van der Waals surface area contributed by atoms with E-state index in [-0.39, 0.29) is 30.3 Å². The zero-order chi connectivity index (χ0) is 21.9. The van der Waals surface area contributed by atoms with Gasteiger partial charge in [-0.15, -0.1) is 0 Å². The predicted octanol–water partition coefficient (Wildman–Crippen LogP) is 3.22. The number of carbonyl (C=O) groups is 3. The molecule has 158 valence electrons. The van der Waals surface area contributed by atoms with E-state index in [9.17, 15) is 27.6 Å². The van der Waals surface area contributed by atoms with Gasteiger partial charge in [0.15, 0.2) is 0 Å². The monoisotopic (exact) mass is 423 g/mol. The van der Waals surface area contributed by atoms with Crippen LogP contribution in [0.4, 0.5) is 29.6 Å². The van der Waals surface area contributed by atoms with Crippen molar-refractivity contribution in [1.29, 1.82) is 0 Å². The molecule has 2 aromatic rings. The average molecular weight is 423 g/mol. The van der Waals surface area contributed by atoms with Crippen LogP contribution in [0.2, 0.25) is 0 Å². The van der Waals surface area contributed by atoms with Gasteiger partial charge < -0.3 is 10.1 Å². The van der Waals surface area contributed by atoms with Crippen molar-refractivity contribution in [2.45, 2.75) is 25.9 Å². The number of anilines is 2. The normalized spacial score (nSPS) is 14.4. The standard InChI is InChI=1S/C18H16F3N5O4/c1-10(27)24-14-8-11(4-7-22-14)30-12-2-3-13(23-9-12)25-16(29)26-15(28)17(5-6-17)18(19,20)21/h2-4,7-9H,5-6H2,1H3,(H,22,24,27)(H2,23,25,26,28,29). The van der Waals surface area contributed by atoms with Crippen LogP contribution in [-0.4, -0.2) is 34.0 Å². The molecule has 0 spiro atoms. The van der Waals surface area contributed by atoms with Gasteiger partial charge in [0, 0.05) is 19.2 Å². The van der Waals surface area contributed by atoms with E-state index in [0.717, 1.165) is 0 Å². The second-order valence-electron chi connectivity index (χ2n) is 6.53. The van der Waals surface area contributed by atoms with Gasteiger partial charge >= 0.3 is 12.2 Å². The van der Waals surface area contributed by atoms with Gasteiger partial charge in [-0.2, -0.15) is 13.2 Å². The zero-order valence-corrected chi connectivity index (χ0v) is 15.5. The number of alkyl halides is 3. The lowest BCUT2D eigenvalue weighted by atomic mass is 10.1. The van der Waals surface area contributed by atoms with Crippen LogP contribution in [0.3, 0.4) is 0 Å². The van der Waals surface area contributed by atoms with Gasteiger partial charge in [-0.3, -0.25) is 20.2 Å². The Hall–Kier alpha value is -3.70. The molecule has 1 aliphatic carbocycles. The van der Waals surface area contributed by atoms with E-state index < -0.39 is 23.5 Å². The molecule has 0 unspecified atom stereocenters. The molecule has 3 rings (SSSR count). The molecule has 3 N–H and O–H groups in total. The molecule has 1 saturated carbocycles. The molecular formula is C18H16F3N5O4. The molecule has 0 bridgehead atoms. The van der Waals surface area contributed by atoms with Gasteiger partial charge in [0.1, 0.15) is 28.5 Å². The molecule has 1 aliphatic rings. The largest absolute Gasteiger partial charge is 0.456 e. The Bertz CT molecular complexity index is 975. The van der Waals surface area contributed by atoms with Gasteiger partial charge in [0.2, 0.25) is 11.8 Å². The molecule has 0 radical (unpaired) electrons. The minimum atomic E-state index is -4.71. The SMILES string of the molecule is CC(=O)Nc1cc(Oc2ccc(NC(=O)NC(=O)C3(C(F)(F)F)CC3)nc2)ccn1. The highest BCUT2D eigenvalue weighted by atomic mass is 19.4. The number of hydrogen-bond acceptors (Lipinski definition) is 6. The summed E-state index contributed by atoms with van der Waals surface area (Å²) in [4.78, 5) is 42.5. The Labute approximate surface area is 168 Å². The van der Waals surface area contributed by atoms with E-state index in [1.807, 2.05) is 0 Å². The molecule has 0 saturated heterocycles. The number of halogens is 3. The van der Waals surface area contributed by atoms with E-state index in [4.69, 9.17) is 4.74 Å². The summed E-state index contributed by atoms with van der Waals surface area (Å²) in [6.07, 6.45) is -2.72. The van der Waals surface area contributed by atoms with Crippen molar-refractivity contribution in [2.24, 2.45) is 5.41 Å². The van der Waals surface area contributed by atoms with Crippen LogP contribution < -0.4 is 20.7 Å². The second kappa shape index (κ2) is 7.97. The van der Waals surface area contributed by atoms with Crippen LogP contribution in [-0.2, 0) is 9.59 Å². The van der Waals surface area contributed by atoms with Crippen LogP contribution in [0.5, 0.6) is 11.5 Å². The van der Waals surface area contributed by atoms with Crippen molar-refractivity contribution in [1.82, 2.24) is 15.3 Å². The van der Waals surface area contributed by atoms with Crippen molar-refractivity contribution in [3.05, 3.63) is 36.7 Å². The van der Waals surface area contributed by atoms with Crippen molar-refractivity contribution in [3.63, 3.8) is 0 Å². The summed E-state index contributed by atoms with van der Waals surface area (Å²) >= 11 is 0. The third-order valence-electron chi connectivity index (χ3n) is 4.20. The molecular weight excluding hydrogens is 407 g/mol. The highest BCUT2D eigenvalue weighted by Gasteiger charge is 2.68. The third-order valence-corrected chi connectivity index (χ3v) is 4.20. The Morgan fingerprint density at radius 3 is 2.33 bits per heavy atom. The number of ether oxygens (including phenoxy) is 1. The van der Waals surface area contributed by atoms with Crippen LogP contribution in [0.1, 0.15) is 19.8 Å². The van der Waals surface area contributed by atoms with E-state index in [1.165, 1.54) is 37.5 Å². The summed E-state index contributed by atoms with van der Waals surface area (Å²) < 4.78 is 44.2. The van der Waals surface area contributed by atoms with Gasteiger partial charge in [0.25, 0.3) is 0 Å². The summed E-state index contributed by atoms with van der Waals surface area (Å²) in [7, 11) is 0. The van der Waals surface area contributed by atoms with Crippen LogP contribution in [0.25, 0.3) is 0 Å². The molecule has 12 heteroatoms. The lowest BCUT2D eigenvalue weighted by molar-refractivity contribution is -0.191. The number of hydrogen-bond donors (Lipinski definition) is 3. The Balaban J connectivity index is 1.56. The Kier molecular flexibility index (Phi) is 5.58. The Morgan fingerprint density at radius 1 is 1.03 bits per heavy atom. The highest BCUT2D eigenvalue weighted by molar-refractivity contribution is 6.03. The minimum Gasteiger partial charge on any atom is -0.456 e. The van der Waals surface area contributed by atoms with Crippen molar-refractivity contribution in [2.75, 3.05) is 10.6 Å². The first-order valence-electron chi connectivity index (χ1n) is 8.66. The van der Waals surface area contributed by atoms with Crippen molar-refractivity contribution in [3.8, 4) is 11.5 Å². The third kappa shape index (κ3) is 4.82. The van der Waals surface area contributed by atoms with Crippen LogP contribution >= 0.6 is 0 Å². The number of nitrogens with zero attached hydrogens (tertiary/aromatic N) is 2. The number of amides is 4. The van der Waals surface area contributed by atoms with Gasteiger partial charge in [0.05, 0.1) is 6.20 Å². The fraction of sp³-hybridized carbons (Fsp3) is 0.278. The summed E-state index contributed by atoms with van der Waals surface area (Å²) in [5, 5.41) is 6.38. The molecule has 2 aromatic heterocycles. The van der Waals surface area contributed by atoms with E-state index >= 15 is 0 Å². The summed E-state index contributed by atoms with van der Waals surface area (Å²) in [5.74, 6) is -0.748. The molecule has 30 heavy (non-hydrogen) atoms.